The summed E-state index contributed by atoms with van der Waals surface area (Å²) in [5.41, 5.74) is 0.945. The zero-order valence-electron chi connectivity index (χ0n) is 14.9. The van der Waals surface area contributed by atoms with Gasteiger partial charge in [-0.05, 0) is 36.7 Å². The number of ether oxygens (including phenoxy) is 1. The molecule has 2 atom stereocenters. The summed E-state index contributed by atoms with van der Waals surface area (Å²) in [4.78, 5) is 12.5. The average molecular weight is 396 g/mol. The van der Waals surface area contributed by atoms with E-state index in [4.69, 9.17) is 0 Å². The molecule has 2 aromatic rings. The summed E-state index contributed by atoms with van der Waals surface area (Å²) in [7, 11) is 0. The molecule has 3 rings (SSSR count). The number of carbonyl (C=O) groups is 1. The third kappa shape index (κ3) is 5.01. The van der Waals surface area contributed by atoms with Crippen LogP contribution >= 0.6 is 0 Å². The van der Waals surface area contributed by atoms with Crippen LogP contribution in [0.3, 0.4) is 0 Å². The Kier molecular flexibility index (Phi) is 6.51. The molecule has 150 valence electrons. The largest absolute Gasteiger partial charge is 0.435 e. The van der Waals surface area contributed by atoms with Crippen LogP contribution in [0.2, 0.25) is 0 Å². The van der Waals surface area contributed by atoms with Crippen molar-refractivity contribution in [1.29, 1.82) is 0 Å². The summed E-state index contributed by atoms with van der Waals surface area (Å²) < 4.78 is 56.3. The minimum Gasteiger partial charge on any atom is -0.435 e. The maximum atomic E-state index is 13.6. The van der Waals surface area contributed by atoms with Crippen LogP contribution in [-0.2, 0) is 11.2 Å². The second kappa shape index (κ2) is 9.05. The van der Waals surface area contributed by atoms with E-state index in [-0.39, 0.29) is 30.0 Å². The molecule has 1 aliphatic rings. The van der Waals surface area contributed by atoms with E-state index >= 15 is 0 Å². The number of para-hydroxylation sites is 1. The van der Waals surface area contributed by atoms with Crippen molar-refractivity contribution in [3.63, 3.8) is 0 Å². The lowest BCUT2D eigenvalue weighted by Gasteiger charge is -2.33. The van der Waals surface area contributed by atoms with Gasteiger partial charge in [0.05, 0.1) is 6.42 Å². The van der Waals surface area contributed by atoms with Crippen LogP contribution < -0.4 is 15.4 Å². The molecule has 4 nitrogen and oxygen atoms in total. The molecule has 0 saturated carbocycles. The number of rotatable bonds is 6. The Morgan fingerprint density at radius 3 is 2.71 bits per heavy atom. The molecule has 1 heterocycles. The number of halogens is 4. The van der Waals surface area contributed by atoms with Crippen molar-refractivity contribution in [3.8, 4) is 5.75 Å². The predicted octanol–water partition coefficient (Wildman–Crippen LogP) is 3.37. The lowest BCUT2D eigenvalue weighted by molar-refractivity contribution is -0.121. The fourth-order valence-electron chi connectivity index (χ4n) is 3.44. The molecule has 0 aliphatic carbocycles. The molecule has 2 aromatic carbocycles. The second-order valence-corrected chi connectivity index (χ2v) is 6.61. The van der Waals surface area contributed by atoms with Crippen molar-refractivity contribution >= 4 is 5.91 Å². The van der Waals surface area contributed by atoms with E-state index in [2.05, 4.69) is 15.4 Å². The number of carbonyl (C=O) groups excluding carboxylic acids is 1. The van der Waals surface area contributed by atoms with Crippen LogP contribution in [0.15, 0.2) is 42.5 Å². The smallest absolute Gasteiger partial charge is 0.387 e. The van der Waals surface area contributed by atoms with Crippen LogP contribution in [0.4, 0.5) is 17.6 Å². The van der Waals surface area contributed by atoms with Crippen molar-refractivity contribution in [2.24, 2.45) is 0 Å². The average Bonchev–Trinajstić information content (AvgIpc) is 2.66. The molecule has 2 unspecified atom stereocenters. The third-order valence-corrected chi connectivity index (χ3v) is 4.74. The Balaban J connectivity index is 1.70. The first kappa shape index (κ1) is 20.1. The number of piperidine rings is 1. The monoisotopic (exact) mass is 396 g/mol. The van der Waals surface area contributed by atoms with Crippen LogP contribution in [-0.4, -0.2) is 31.7 Å². The quantitative estimate of drug-likeness (QED) is 0.737. The number of nitrogens with one attached hydrogen (secondary N) is 2. The second-order valence-electron chi connectivity index (χ2n) is 6.61. The first-order valence-electron chi connectivity index (χ1n) is 8.92. The number of hydrogen-bond acceptors (Lipinski definition) is 3. The molecular formula is C20H20F4N2O2. The van der Waals surface area contributed by atoms with Crippen molar-refractivity contribution in [2.45, 2.75) is 31.4 Å². The fraction of sp³-hybridized carbons (Fsp3) is 0.350. The van der Waals surface area contributed by atoms with Gasteiger partial charge in [-0.15, -0.1) is 0 Å². The van der Waals surface area contributed by atoms with Crippen LogP contribution in [0.1, 0.15) is 23.5 Å². The van der Waals surface area contributed by atoms with E-state index in [1.165, 1.54) is 12.1 Å². The van der Waals surface area contributed by atoms with Gasteiger partial charge in [0, 0.05) is 24.1 Å². The highest BCUT2D eigenvalue weighted by Crippen LogP contribution is 2.27. The van der Waals surface area contributed by atoms with E-state index in [1.54, 1.807) is 18.2 Å². The molecule has 1 amide bonds. The van der Waals surface area contributed by atoms with E-state index < -0.39 is 18.2 Å². The molecule has 0 radical (unpaired) electrons. The van der Waals surface area contributed by atoms with Crippen molar-refractivity contribution in [1.82, 2.24) is 10.6 Å². The molecular weight excluding hydrogens is 376 g/mol. The molecule has 2 N–H and O–H groups in total. The van der Waals surface area contributed by atoms with Crippen LogP contribution in [0.25, 0.3) is 0 Å². The van der Waals surface area contributed by atoms with Gasteiger partial charge in [-0.2, -0.15) is 8.78 Å². The number of amides is 1. The minimum absolute atomic E-state index is 0.0495. The highest BCUT2D eigenvalue weighted by molar-refractivity contribution is 5.79. The van der Waals surface area contributed by atoms with Crippen molar-refractivity contribution in [2.75, 3.05) is 13.1 Å². The maximum Gasteiger partial charge on any atom is 0.387 e. The molecule has 0 spiro atoms. The molecule has 28 heavy (non-hydrogen) atoms. The van der Waals surface area contributed by atoms with Crippen molar-refractivity contribution < 1.29 is 27.1 Å². The van der Waals surface area contributed by atoms with Gasteiger partial charge < -0.3 is 15.4 Å². The standard InChI is InChI=1S/C20H20F4N2O2/c21-15-6-5-12(9-16(15)22)14-7-8-25-11-17(14)26-19(27)10-13-3-1-2-4-18(13)28-20(23)24/h1-6,9,14,17,20,25H,7-8,10-11H2,(H,26,27). The number of alkyl halides is 2. The molecule has 0 aromatic heterocycles. The summed E-state index contributed by atoms with van der Waals surface area (Å²) in [5.74, 6) is -2.46. The van der Waals surface area contributed by atoms with E-state index in [0.717, 1.165) is 12.1 Å². The number of benzene rings is 2. The van der Waals surface area contributed by atoms with Gasteiger partial charge in [0.15, 0.2) is 11.6 Å². The highest BCUT2D eigenvalue weighted by atomic mass is 19.3. The Bertz CT molecular complexity index is 832. The predicted molar refractivity (Wildman–Crippen MR) is 95.3 cm³/mol. The molecule has 8 heteroatoms. The van der Waals surface area contributed by atoms with Gasteiger partial charge in [0.25, 0.3) is 0 Å². The van der Waals surface area contributed by atoms with Gasteiger partial charge in [0.2, 0.25) is 5.91 Å². The first-order valence-corrected chi connectivity index (χ1v) is 8.92. The fourth-order valence-corrected chi connectivity index (χ4v) is 3.44. The zero-order chi connectivity index (χ0) is 20.1. The summed E-state index contributed by atoms with van der Waals surface area (Å²) >= 11 is 0. The Morgan fingerprint density at radius 2 is 1.96 bits per heavy atom. The normalized spacial score (nSPS) is 19.5. The molecule has 1 aliphatic heterocycles. The lowest BCUT2D eigenvalue weighted by Crippen LogP contribution is -2.50. The minimum atomic E-state index is -2.98. The van der Waals surface area contributed by atoms with E-state index in [0.29, 0.717) is 30.6 Å². The van der Waals surface area contributed by atoms with Gasteiger partial charge >= 0.3 is 6.61 Å². The molecule has 0 bridgehead atoms. The molecule has 1 fully saturated rings. The lowest BCUT2D eigenvalue weighted by atomic mass is 9.86. The van der Waals surface area contributed by atoms with Gasteiger partial charge in [0.1, 0.15) is 5.75 Å². The summed E-state index contributed by atoms with van der Waals surface area (Å²) in [6.45, 7) is -1.84. The Hall–Kier alpha value is -2.61. The number of hydrogen-bond donors (Lipinski definition) is 2. The third-order valence-electron chi connectivity index (χ3n) is 4.74. The summed E-state index contributed by atoms with van der Waals surface area (Å²) in [6.07, 6.45) is 0.505. The van der Waals surface area contributed by atoms with Crippen molar-refractivity contribution in [3.05, 3.63) is 65.2 Å². The Morgan fingerprint density at radius 1 is 1.18 bits per heavy atom. The maximum absolute atomic E-state index is 13.6. The van der Waals surface area contributed by atoms with E-state index in [1.807, 2.05) is 0 Å². The highest BCUT2D eigenvalue weighted by Gasteiger charge is 2.28. The first-order chi connectivity index (χ1) is 13.4. The summed E-state index contributed by atoms with van der Waals surface area (Å²) in [5, 5.41) is 6.03. The topological polar surface area (TPSA) is 50.4 Å². The van der Waals surface area contributed by atoms with Crippen LogP contribution in [0.5, 0.6) is 5.75 Å². The van der Waals surface area contributed by atoms with Gasteiger partial charge in [-0.25, -0.2) is 8.78 Å². The zero-order valence-corrected chi connectivity index (χ0v) is 14.9. The van der Waals surface area contributed by atoms with E-state index in [9.17, 15) is 22.4 Å². The SMILES string of the molecule is O=C(Cc1ccccc1OC(F)F)NC1CNCCC1c1ccc(F)c(F)c1. The summed E-state index contributed by atoms with van der Waals surface area (Å²) in [6, 6.07) is 9.49. The Labute approximate surface area is 159 Å². The molecule has 1 saturated heterocycles. The van der Waals surface area contributed by atoms with Crippen LogP contribution in [0, 0.1) is 11.6 Å². The van der Waals surface area contributed by atoms with Gasteiger partial charge in [-0.1, -0.05) is 24.3 Å². The van der Waals surface area contributed by atoms with Gasteiger partial charge in [-0.3, -0.25) is 4.79 Å².